The molecule has 0 aliphatic carbocycles. The van der Waals surface area contributed by atoms with Crippen LogP contribution in [0.3, 0.4) is 0 Å². The van der Waals surface area contributed by atoms with Gasteiger partial charge >= 0.3 is 0 Å². The van der Waals surface area contributed by atoms with Crippen molar-refractivity contribution in [2.75, 3.05) is 0 Å². The van der Waals surface area contributed by atoms with Crippen LogP contribution in [-0.2, 0) is 0 Å². The third-order valence-corrected chi connectivity index (χ3v) is 2.46. The van der Waals surface area contributed by atoms with Gasteiger partial charge < -0.3 is 0 Å². The fraction of sp³-hybridized carbons (Fsp3) is 0.0667. The highest BCUT2D eigenvalue weighted by molar-refractivity contribution is 5.71. The molecule has 0 aromatic heterocycles. The molecular weight excluding hydrogens is 210 g/mol. The molecule has 0 bridgehead atoms. The zero-order valence-corrected chi connectivity index (χ0v) is 9.63. The first-order valence-electron chi connectivity index (χ1n) is 5.46. The first-order valence-corrected chi connectivity index (χ1v) is 5.46. The van der Waals surface area contributed by atoms with E-state index in [2.05, 4.69) is 5.18 Å². The van der Waals surface area contributed by atoms with Crippen LogP contribution in [0.5, 0.6) is 0 Å². The number of rotatable bonds is 3. The SMILES string of the molecule is Cc1cc(/C=C/c2ccccc2)cc(N=O)c1. The third kappa shape index (κ3) is 3.11. The van der Waals surface area contributed by atoms with Gasteiger partial charge in [0, 0.05) is 0 Å². The monoisotopic (exact) mass is 223 g/mol. The average molecular weight is 223 g/mol. The van der Waals surface area contributed by atoms with Crippen LogP contribution in [0.1, 0.15) is 16.7 Å². The van der Waals surface area contributed by atoms with E-state index in [1.807, 2.05) is 55.5 Å². The van der Waals surface area contributed by atoms with E-state index in [1.165, 1.54) is 0 Å². The maximum atomic E-state index is 10.5. The van der Waals surface area contributed by atoms with Crippen molar-refractivity contribution in [2.24, 2.45) is 5.18 Å². The van der Waals surface area contributed by atoms with Gasteiger partial charge in [-0.05, 0) is 40.9 Å². The largest absolute Gasteiger partial charge is 0.145 e. The molecule has 0 spiro atoms. The van der Waals surface area contributed by atoms with Crippen molar-refractivity contribution in [1.82, 2.24) is 0 Å². The van der Waals surface area contributed by atoms with Gasteiger partial charge in [0.15, 0.2) is 0 Å². The summed E-state index contributed by atoms with van der Waals surface area (Å²) in [5.74, 6) is 0. The molecule has 0 radical (unpaired) electrons. The van der Waals surface area contributed by atoms with E-state index in [1.54, 1.807) is 12.1 Å². The Hall–Kier alpha value is -2.22. The molecule has 2 rings (SSSR count). The van der Waals surface area contributed by atoms with Crippen LogP contribution in [0.4, 0.5) is 5.69 Å². The smallest absolute Gasteiger partial charge is 0.108 e. The highest BCUT2D eigenvalue weighted by Gasteiger charge is 1.95. The topological polar surface area (TPSA) is 29.4 Å². The van der Waals surface area contributed by atoms with E-state index >= 15 is 0 Å². The van der Waals surface area contributed by atoms with Crippen molar-refractivity contribution < 1.29 is 0 Å². The molecule has 17 heavy (non-hydrogen) atoms. The van der Waals surface area contributed by atoms with Crippen LogP contribution in [0.25, 0.3) is 12.2 Å². The second-order valence-electron chi connectivity index (χ2n) is 3.94. The lowest BCUT2D eigenvalue weighted by atomic mass is 10.1. The average Bonchev–Trinajstić information content (AvgIpc) is 2.37. The lowest BCUT2D eigenvalue weighted by Gasteiger charge is -1.98. The third-order valence-electron chi connectivity index (χ3n) is 2.46. The summed E-state index contributed by atoms with van der Waals surface area (Å²) in [7, 11) is 0. The van der Waals surface area contributed by atoms with Crippen molar-refractivity contribution in [3.05, 3.63) is 70.1 Å². The second-order valence-corrected chi connectivity index (χ2v) is 3.94. The number of benzene rings is 2. The van der Waals surface area contributed by atoms with E-state index < -0.39 is 0 Å². The fourth-order valence-electron chi connectivity index (χ4n) is 1.70. The summed E-state index contributed by atoms with van der Waals surface area (Å²) in [4.78, 5) is 10.5. The predicted octanol–water partition coefficient (Wildman–Crippen LogP) is 4.56. The Bertz CT molecular complexity index is 544. The molecule has 0 aliphatic rings. The van der Waals surface area contributed by atoms with E-state index in [0.29, 0.717) is 5.69 Å². The van der Waals surface area contributed by atoms with Crippen LogP contribution in [0.15, 0.2) is 53.7 Å². The molecule has 0 saturated heterocycles. The van der Waals surface area contributed by atoms with E-state index in [-0.39, 0.29) is 0 Å². The molecule has 2 heteroatoms. The fourth-order valence-corrected chi connectivity index (χ4v) is 1.70. The molecule has 0 saturated carbocycles. The van der Waals surface area contributed by atoms with Gasteiger partial charge in [0.2, 0.25) is 0 Å². The van der Waals surface area contributed by atoms with Crippen molar-refractivity contribution in [2.45, 2.75) is 6.92 Å². The summed E-state index contributed by atoms with van der Waals surface area (Å²) in [6.07, 6.45) is 4.00. The molecule has 84 valence electrons. The molecule has 2 aromatic rings. The number of aryl methyl sites for hydroxylation is 1. The Morgan fingerprint density at radius 1 is 0.941 bits per heavy atom. The summed E-state index contributed by atoms with van der Waals surface area (Å²) in [6.45, 7) is 1.95. The first kappa shape index (κ1) is 11.3. The van der Waals surface area contributed by atoms with E-state index in [4.69, 9.17) is 0 Å². The first-order chi connectivity index (χ1) is 8.28. The molecule has 0 N–H and O–H groups in total. The Labute approximate surface area is 101 Å². The zero-order chi connectivity index (χ0) is 12.1. The maximum absolute atomic E-state index is 10.5. The van der Waals surface area contributed by atoms with E-state index in [0.717, 1.165) is 16.7 Å². The van der Waals surface area contributed by atoms with Crippen molar-refractivity contribution in [3.63, 3.8) is 0 Å². The molecule has 0 aliphatic heterocycles. The minimum Gasteiger partial charge on any atom is -0.145 e. The standard InChI is InChI=1S/C15H13NO/c1-12-9-14(11-15(10-12)16-17)8-7-13-5-3-2-4-6-13/h2-11H,1H3/b8-7+. The molecule has 0 fully saturated rings. The van der Waals surface area contributed by atoms with Crippen molar-refractivity contribution in [3.8, 4) is 0 Å². The van der Waals surface area contributed by atoms with Crippen LogP contribution < -0.4 is 0 Å². The van der Waals surface area contributed by atoms with Crippen LogP contribution in [-0.4, -0.2) is 0 Å². The lowest BCUT2D eigenvalue weighted by molar-refractivity contribution is 1.40. The van der Waals surface area contributed by atoms with Crippen LogP contribution >= 0.6 is 0 Å². The minimum atomic E-state index is 0.470. The van der Waals surface area contributed by atoms with Crippen LogP contribution in [0.2, 0.25) is 0 Å². The summed E-state index contributed by atoms with van der Waals surface area (Å²) in [5.41, 5.74) is 3.63. The van der Waals surface area contributed by atoms with Crippen LogP contribution in [0, 0.1) is 11.8 Å². The van der Waals surface area contributed by atoms with Gasteiger partial charge in [-0.15, -0.1) is 4.91 Å². The maximum Gasteiger partial charge on any atom is 0.108 e. The van der Waals surface area contributed by atoms with E-state index in [9.17, 15) is 4.91 Å². The summed E-state index contributed by atoms with van der Waals surface area (Å²) < 4.78 is 0. The Morgan fingerprint density at radius 3 is 2.35 bits per heavy atom. The molecule has 2 aromatic carbocycles. The van der Waals surface area contributed by atoms with Crippen molar-refractivity contribution in [1.29, 1.82) is 0 Å². The normalized spacial score (nSPS) is 10.6. The number of nitrogens with zero attached hydrogens (tertiary/aromatic N) is 1. The molecule has 0 atom stereocenters. The Kier molecular flexibility index (Phi) is 3.46. The quantitative estimate of drug-likeness (QED) is 0.554. The van der Waals surface area contributed by atoms with Gasteiger partial charge in [-0.3, -0.25) is 0 Å². The summed E-state index contributed by atoms with van der Waals surface area (Å²) >= 11 is 0. The van der Waals surface area contributed by atoms with Gasteiger partial charge in [-0.25, -0.2) is 0 Å². The molecule has 0 amide bonds. The molecular formula is C15H13NO. The van der Waals surface area contributed by atoms with Gasteiger partial charge in [-0.2, -0.15) is 0 Å². The number of hydrogen-bond acceptors (Lipinski definition) is 2. The molecule has 0 heterocycles. The predicted molar refractivity (Wildman–Crippen MR) is 72.0 cm³/mol. The Morgan fingerprint density at radius 2 is 1.65 bits per heavy atom. The Balaban J connectivity index is 2.27. The highest BCUT2D eigenvalue weighted by atomic mass is 16.3. The highest BCUT2D eigenvalue weighted by Crippen LogP contribution is 2.18. The molecule has 2 nitrogen and oxygen atoms in total. The molecule has 0 unspecified atom stereocenters. The minimum absolute atomic E-state index is 0.470. The summed E-state index contributed by atoms with van der Waals surface area (Å²) in [6, 6.07) is 15.6. The number of hydrogen-bond donors (Lipinski definition) is 0. The van der Waals surface area contributed by atoms with Crippen molar-refractivity contribution >= 4 is 17.8 Å². The number of nitroso groups, excluding NO2 is 1. The van der Waals surface area contributed by atoms with Gasteiger partial charge in [0.05, 0.1) is 0 Å². The van der Waals surface area contributed by atoms with Gasteiger partial charge in [-0.1, -0.05) is 48.6 Å². The summed E-state index contributed by atoms with van der Waals surface area (Å²) in [5, 5.41) is 2.96. The zero-order valence-electron chi connectivity index (χ0n) is 9.63. The lowest BCUT2D eigenvalue weighted by Crippen LogP contribution is -1.76. The second kappa shape index (κ2) is 5.21. The van der Waals surface area contributed by atoms with Gasteiger partial charge in [0.25, 0.3) is 0 Å². The van der Waals surface area contributed by atoms with Gasteiger partial charge in [0.1, 0.15) is 5.69 Å².